The van der Waals surface area contributed by atoms with Gasteiger partial charge in [0, 0.05) is 19.0 Å². The number of nitrogens with zero attached hydrogens (tertiary/aromatic N) is 1. The Labute approximate surface area is 127 Å². The molecule has 3 atom stereocenters. The molecule has 1 saturated heterocycles. The van der Waals surface area contributed by atoms with Crippen LogP contribution in [0.2, 0.25) is 0 Å². The average molecular weight is 290 g/mol. The maximum absolute atomic E-state index is 12.5. The van der Waals surface area contributed by atoms with E-state index in [1.54, 1.807) is 0 Å². The lowest BCUT2D eigenvalue weighted by Gasteiger charge is -2.16. The highest BCUT2D eigenvalue weighted by Crippen LogP contribution is 2.59. The Balaban J connectivity index is 1.58. The van der Waals surface area contributed by atoms with Crippen molar-refractivity contribution in [1.82, 2.24) is 10.2 Å². The first-order valence-electron chi connectivity index (χ1n) is 8.05. The summed E-state index contributed by atoms with van der Waals surface area (Å²) in [6.07, 6.45) is 4.94. The molecule has 0 bridgehead atoms. The third-order valence-corrected chi connectivity index (χ3v) is 5.20. The Kier molecular flexibility index (Phi) is 3.38. The second kappa shape index (κ2) is 4.85. The molecule has 3 unspecified atom stereocenters. The first-order valence-corrected chi connectivity index (χ1v) is 8.05. The van der Waals surface area contributed by atoms with E-state index in [0.29, 0.717) is 24.9 Å². The van der Waals surface area contributed by atoms with Gasteiger partial charge < -0.3 is 10.2 Å². The summed E-state index contributed by atoms with van der Waals surface area (Å²) in [6, 6.07) is 0.463. The van der Waals surface area contributed by atoms with Crippen molar-refractivity contribution in [3.8, 4) is 0 Å². The Hall–Kier alpha value is -1.32. The van der Waals surface area contributed by atoms with Gasteiger partial charge in [0.2, 0.25) is 11.8 Å². The lowest BCUT2D eigenvalue weighted by atomic mass is 10.1. The number of hydrogen-bond acceptors (Lipinski definition) is 2. The van der Waals surface area contributed by atoms with Crippen molar-refractivity contribution >= 4 is 11.8 Å². The standard InChI is InChI=1S/C17H26N2O2/c1-10(2)7-13-15(17(13,3)4)16(21)18-11-8-14(20)19(9-11)12-5-6-12/h7,11-13,15H,5-6,8-9H2,1-4H3,(H,18,21). The monoisotopic (exact) mass is 290 g/mol. The Morgan fingerprint density at radius 2 is 2.00 bits per heavy atom. The van der Waals surface area contributed by atoms with Crippen LogP contribution in [0.15, 0.2) is 11.6 Å². The number of nitrogens with one attached hydrogen (secondary N) is 1. The maximum Gasteiger partial charge on any atom is 0.225 e. The van der Waals surface area contributed by atoms with E-state index in [2.05, 4.69) is 39.1 Å². The molecule has 4 heteroatoms. The fraction of sp³-hybridized carbons (Fsp3) is 0.765. The van der Waals surface area contributed by atoms with Crippen LogP contribution in [0.4, 0.5) is 0 Å². The van der Waals surface area contributed by atoms with Crippen LogP contribution in [0.3, 0.4) is 0 Å². The van der Waals surface area contributed by atoms with Crippen LogP contribution in [0.25, 0.3) is 0 Å². The van der Waals surface area contributed by atoms with Crippen molar-refractivity contribution in [3.63, 3.8) is 0 Å². The largest absolute Gasteiger partial charge is 0.351 e. The van der Waals surface area contributed by atoms with Crippen molar-refractivity contribution in [2.75, 3.05) is 6.54 Å². The molecule has 0 aromatic carbocycles. The summed E-state index contributed by atoms with van der Waals surface area (Å²) in [5.41, 5.74) is 1.31. The van der Waals surface area contributed by atoms with E-state index < -0.39 is 0 Å². The molecule has 2 amide bonds. The van der Waals surface area contributed by atoms with E-state index >= 15 is 0 Å². The quantitative estimate of drug-likeness (QED) is 0.806. The van der Waals surface area contributed by atoms with Gasteiger partial charge in [-0.1, -0.05) is 25.5 Å². The predicted molar refractivity (Wildman–Crippen MR) is 81.5 cm³/mol. The third kappa shape index (κ3) is 2.72. The number of hydrogen-bond donors (Lipinski definition) is 1. The molecule has 116 valence electrons. The molecule has 0 spiro atoms. The molecule has 3 rings (SSSR count). The summed E-state index contributed by atoms with van der Waals surface area (Å²) in [5.74, 6) is 0.716. The minimum Gasteiger partial charge on any atom is -0.351 e. The molecular formula is C17H26N2O2. The first-order chi connectivity index (χ1) is 9.80. The molecule has 0 aromatic heterocycles. The minimum atomic E-state index is 0.00866. The molecule has 1 heterocycles. The Morgan fingerprint density at radius 1 is 1.33 bits per heavy atom. The van der Waals surface area contributed by atoms with E-state index in [4.69, 9.17) is 0 Å². The molecule has 21 heavy (non-hydrogen) atoms. The van der Waals surface area contributed by atoms with E-state index in [1.165, 1.54) is 5.57 Å². The number of rotatable bonds is 4. The van der Waals surface area contributed by atoms with E-state index in [1.807, 2.05) is 4.90 Å². The van der Waals surface area contributed by atoms with Gasteiger partial charge in [-0.15, -0.1) is 0 Å². The summed E-state index contributed by atoms with van der Waals surface area (Å²) in [5, 5.41) is 3.11. The summed E-state index contributed by atoms with van der Waals surface area (Å²) >= 11 is 0. The highest BCUT2D eigenvalue weighted by molar-refractivity contribution is 5.86. The normalized spacial score (nSPS) is 33.8. The van der Waals surface area contributed by atoms with Gasteiger partial charge in [0.15, 0.2) is 0 Å². The number of amides is 2. The smallest absolute Gasteiger partial charge is 0.225 e. The van der Waals surface area contributed by atoms with Crippen molar-refractivity contribution in [3.05, 3.63) is 11.6 Å². The topological polar surface area (TPSA) is 49.4 Å². The van der Waals surface area contributed by atoms with Crippen LogP contribution in [0, 0.1) is 17.3 Å². The lowest BCUT2D eigenvalue weighted by Crippen LogP contribution is -2.39. The summed E-state index contributed by atoms with van der Waals surface area (Å²) in [4.78, 5) is 26.4. The fourth-order valence-corrected chi connectivity index (χ4v) is 3.71. The van der Waals surface area contributed by atoms with E-state index in [9.17, 15) is 9.59 Å². The highest BCUT2D eigenvalue weighted by atomic mass is 16.2. The van der Waals surface area contributed by atoms with Crippen LogP contribution in [0.5, 0.6) is 0 Å². The Bertz CT molecular complexity index is 501. The predicted octanol–water partition coefficient (Wildman–Crippen LogP) is 2.10. The van der Waals surface area contributed by atoms with Crippen molar-refractivity contribution in [1.29, 1.82) is 0 Å². The van der Waals surface area contributed by atoms with Gasteiger partial charge in [0.05, 0.1) is 12.0 Å². The number of allylic oxidation sites excluding steroid dienone is 2. The molecule has 2 saturated carbocycles. The van der Waals surface area contributed by atoms with Crippen LogP contribution in [0.1, 0.15) is 47.0 Å². The minimum absolute atomic E-state index is 0.00866. The van der Waals surface area contributed by atoms with Crippen molar-refractivity contribution in [2.45, 2.75) is 59.0 Å². The van der Waals surface area contributed by atoms with Gasteiger partial charge in [-0.25, -0.2) is 0 Å². The molecule has 1 aliphatic heterocycles. The highest BCUT2D eigenvalue weighted by Gasteiger charge is 2.60. The SMILES string of the molecule is CC(C)=CC1C(C(=O)NC2CC(=O)N(C3CC3)C2)C1(C)C. The van der Waals surface area contributed by atoms with Gasteiger partial charge in [0.25, 0.3) is 0 Å². The number of carbonyl (C=O) groups is 2. The summed E-state index contributed by atoms with van der Waals surface area (Å²) in [6.45, 7) is 9.16. The van der Waals surface area contributed by atoms with Crippen molar-refractivity contribution in [2.24, 2.45) is 17.3 Å². The van der Waals surface area contributed by atoms with Crippen LogP contribution in [-0.4, -0.2) is 35.3 Å². The van der Waals surface area contributed by atoms with E-state index in [-0.39, 0.29) is 29.2 Å². The lowest BCUT2D eigenvalue weighted by molar-refractivity contribution is -0.128. The van der Waals surface area contributed by atoms with Crippen LogP contribution < -0.4 is 5.32 Å². The maximum atomic E-state index is 12.5. The number of carbonyl (C=O) groups excluding carboxylic acids is 2. The second-order valence-corrected chi connectivity index (χ2v) is 7.76. The molecule has 0 radical (unpaired) electrons. The van der Waals surface area contributed by atoms with Gasteiger partial charge in [-0.3, -0.25) is 9.59 Å². The molecular weight excluding hydrogens is 264 g/mol. The third-order valence-electron chi connectivity index (χ3n) is 5.20. The van der Waals surface area contributed by atoms with Crippen LogP contribution >= 0.6 is 0 Å². The average Bonchev–Trinajstić information content (AvgIpc) is 3.22. The number of likely N-dealkylation sites (tertiary alicyclic amines) is 1. The zero-order valence-electron chi connectivity index (χ0n) is 13.5. The summed E-state index contributed by atoms with van der Waals surface area (Å²) in [7, 11) is 0. The molecule has 1 N–H and O–H groups in total. The van der Waals surface area contributed by atoms with Gasteiger partial charge >= 0.3 is 0 Å². The zero-order chi connectivity index (χ0) is 15.4. The Morgan fingerprint density at radius 3 is 2.57 bits per heavy atom. The molecule has 0 aromatic rings. The van der Waals surface area contributed by atoms with Gasteiger partial charge in [-0.2, -0.15) is 0 Å². The molecule has 2 aliphatic carbocycles. The van der Waals surface area contributed by atoms with Gasteiger partial charge in [-0.05, 0) is 38.0 Å². The van der Waals surface area contributed by atoms with Crippen LogP contribution in [-0.2, 0) is 9.59 Å². The first kappa shape index (κ1) is 14.6. The molecule has 3 fully saturated rings. The van der Waals surface area contributed by atoms with Gasteiger partial charge in [0.1, 0.15) is 0 Å². The van der Waals surface area contributed by atoms with Crippen molar-refractivity contribution < 1.29 is 9.59 Å². The fourth-order valence-electron chi connectivity index (χ4n) is 3.71. The molecule has 3 aliphatic rings. The summed E-state index contributed by atoms with van der Waals surface area (Å²) < 4.78 is 0. The molecule has 4 nitrogen and oxygen atoms in total. The van der Waals surface area contributed by atoms with E-state index in [0.717, 1.165) is 12.8 Å². The zero-order valence-corrected chi connectivity index (χ0v) is 13.5. The second-order valence-electron chi connectivity index (χ2n) is 7.76.